The van der Waals surface area contributed by atoms with E-state index in [-0.39, 0.29) is 16.5 Å². The van der Waals surface area contributed by atoms with Gasteiger partial charge in [0, 0.05) is 5.69 Å². The van der Waals surface area contributed by atoms with Crippen molar-refractivity contribution < 1.29 is 18.0 Å². The zero-order valence-electron chi connectivity index (χ0n) is 18.5. The van der Waals surface area contributed by atoms with Gasteiger partial charge in [-0.25, -0.2) is 8.42 Å². The number of benzene rings is 1. The van der Waals surface area contributed by atoms with Crippen molar-refractivity contribution in [1.29, 1.82) is 0 Å². The molecule has 0 aliphatic rings. The number of oxime groups is 1. The van der Waals surface area contributed by atoms with E-state index in [1.54, 1.807) is 32.9 Å². The van der Waals surface area contributed by atoms with Gasteiger partial charge in [0.1, 0.15) is 5.69 Å². The summed E-state index contributed by atoms with van der Waals surface area (Å²) in [6, 6.07) is 4.97. The van der Waals surface area contributed by atoms with Crippen LogP contribution in [0.3, 0.4) is 0 Å². The highest BCUT2D eigenvalue weighted by Crippen LogP contribution is 2.24. The van der Waals surface area contributed by atoms with Gasteiger partial charge in [-0.15, -0.1) is 0 Å². The minimum atomic E-state index is -4.10. The number of hydrogen-bond donors (Lipinski definition) is 4. The Kier molecular flexibility index (Phi) is 7.19. The molecule has 7 N–H and O–H groups in total. The molecule has 2 rings (SSSR count). The van der Waals surface area contributed by atoms with Gasteiger partial charge in [0.2, 0.25) is 11.9 Å². The third kappa shape index (κ3) is 5.19. The predicted octanol–water partition coefficient (Wildman–Crippen LogP) is 0.503. The molecule has 0 aliphatic carbocycles. The smallest absolute Gasteiger partial charge is 0.275 e. The van der Waals surface area contributed by atoms with E-state index in [1.165, 1.54) is 19.1 Å². The zero-order valence-corrected chi connectivity index (χ0v) is 19.4. The number of sulfonamides is 1. The zero-order chi connectivity index (χ0) is 24.4. The van der Waals surface area contributed by atoms with Gasteiger partial charge in [0.05, 0.1) is 4.90 Å². The van der Waals surface area contributed by atoms with Crippen LogP contribution in [0.1, 0.15) is 35.3 Å². The number of pyridine rings is 1. The fourth-order valence-corrected chi connectivity index (χ4v) is 5.14. The Hall–Kier alpha value is -3.54. The number of nitrogens with zero attached hydrogens (tertiary/aromatic N) is 2. The van der Waals surface area contributed by atoms with Crippen LogP contribution in [-0.4, -0.2) is 31.0 Å². The Morgan fingerprint density at radius 3 is 2.16 bits per heavy atom. The van der Waals surface area contributed by atoms with Crippen LogP contribution in [0.4, 0.5) is 5.69 Å². The van der Waals surface area contributed by atoms with Gasteiger partial charge in [-0.3, -0.25) is 18.9 Å². The first-order chi connectivity index (χ1) is 14.8. The maximum atomic E-state index is 13.2. The Labute approximate surface area is 186 Å². The van der Waals surface area contributed by atoms with Crippen molar-refractivity contribution in [1.82, 2.24) is 4.57 Å². The summed E-state index contributed by atoms with van der Waals surface area (Å²) in [7, 11) is -4.10. The van der Waals surface area contributed by atoms with Crippen molar-refractivity contribution in [2.45, 2.75) is 51.7 Å². The third-order valence-corrected chi connectivity index (χ3v) is 6.45. The number of aromatic nitrogens is 1. The van der Waals surface area contributed by atoms with Crippen LogP contribution in [0, 0.1) is 27.7 Å². The molecular formula is C20H28N6O5S. The fraction of sp³-hybridized carbons (Fsp3) is 0.350. The lowest BCUT2D eigenvalue weighted by Gasteiger charge is -2.24. The van der Waals surface area contributed by atoms with E-state index in [2.05, 4.69) is 9.88 Å². The summed E-state index contributed by atoms with van der Waals surface area (Å²) in [5.41, 5.74) is 17.3. The summed E-state index contributed by atoms with van der Waals surface area (Å²) in [5.74, 6) is -1.27. The summed E-state index contributed by atoms with van der Waals surface area (Å²) in [6.07, 6.45) is -1.03. The molecule has 0 radical (unpaired) electrons. The standard InChI is InChI=1S/C20H28N6O5S/c1-10-8-11(2)17(12(3)9-10)32(29,30)25-15-7-6-13(4)26(19(15)28)16(18(21)27)14(5)31-24-20(22)23/h6-9,14,16,25H,1-5H3,(H2,21,27)(H4,22,23,24). The number of carbonyl (C=O) groups is 1. The molecule has 0 spiro atoms. The highest BCUT2D eigenvalue weighted by Gasteiger charge is 2.30. The summed E-state index contributed by atoms with van der Waals surface area (Å²) in [6.45, 7) is 8.22. The maximum Gasteiger partial charge on any atom is 0.275 e. The van der Waals surface area contributed by atoms with Crippen molar-refractivity contribution in [2.24, 2.45) is 22.4 Å². The number of guanidine groups is 1. The molecule has 2 atom stereocenters. The number of nitrogens with one attached hydrogen (secondary N) is 1. The first kappa shape index (κ1) is 24.7. The highest BCUT2D eigenvalue weighted by molar-refractivity contribution is 7.92. The molecule has 12 heteroatoms. The van der Waals surface area contributed by atoms with Crippen LogP contribution in [0.2, 0.25) is 0 Å². The largest absolute Gasteiger partial charge is 0.387 e. The van der Waals surface area contributed by atoms with Crippen LogP contribution in [-0.2, 0) is 19.7 Å². The Morgan fingerprint density at radius 1 is 1.09 bits per heavy atom. The molecule has 0 aliphatic heterocycles. The lowest BCUT2D eigenvalue weighted by Crippen LogP contribution is -2.42. The number of primary amides is 1. The number of hydrogen-bond acceptors (Lipinski definition) is 6. The van der Waals surface area contributed by atoms with E-state index < -0.39 is 33.6 Å². The summed E-state index contributed by atoms with van der Waals surface area (Å²) in [5, 5.41) is 3.40. The van der Waals surface area contributed by atoms with Gasteiger partial charge in [-0.05, 0) is 63.0 Å². The van der Waals surface area contributed by atoms with E-state index in [0.717, 1.165) is 10.1 Å². The van der Waals surface area contributed by atoms with E-state index in [9.17, 15) is 18.0 Å². The minimum Gasteiger partial charge on any atom is -0.387 e. The Morgan fingerprint density at radius 2 is 1.66 bits per heavy atom. The third-order valence-electron chi connectivity index (χ3n) is 4.78. The normalized spacial score (nSPS) is 13.2. The second-order valence-corrected chi connectivity index (χ2v) is 9.19. The molecule has 1 aromatic carbocycles. The average Bonchev–Trinajstić information content (AvgIpc) is 2.63. The van der Waals surface area contributed by atoms with Crippen LogP contribution in [0.15, 0.2) is 39.1 Å². The second-order valence-electron chi connectivity index (χ2n) is 7.57. The molecule has 0 fully saturated rings. The molecule has 0 saturated carbocycles. The molecule has 11 nitrogen and oxygen atoms in total. The average molecular weight is 465 g/mol. The summed E-state index contributed by atoms with van der Waals surface area (Å²) < 4.78 is 29.6. The van der Waals surface area contributed by atoms with Crippen molar-refractivity contribution >= 4 is 27.6 Å². The molecule has 32 heavy (non-hydrogen) atoms. The predicted molar refractivity (Wildman–Crippen MR) is 121 cm³/mol. The highest BCUT2D eigenvalue weighted by atomic mass is 32.2. The SMILES string of the molecule is Cc1cc(C)c(S(=O)(=O)Nc2ccc(C)n(C(C(N)=O)C(C)ON=C(N)N)c2=O)c(C)c1. The minimum absolute atomic E-state index is 0.0746. The van der Waals surface area contributed by atoms with Crippen molar-refractivity contribution in [3.05, 3.63) is 57.0 Å². The molecule has 0 bridgehead atoms. The van der Waals surface area contributed by atoms with E-state index in [0.29, 0.717) is 16.8 Å². The first-order valence-electron chi connectivity index (χ1n) is 9.63. The molecule has 2 aromatic rings. The summed E-state index contributed by atoms with van der Waals surface area (Å²) in [4.78, 5) is 30.5. The van der Waals surface area contributed by atoms with E-state index >= 15 is 0 Å². The molecule has 2 unspecified atom stereocenters. The van der Waals surface area contributed by atoms with Gasteiger partial charge in [-0.2, -0.15) is 0 Å². The van der Waals surface area contributed by atoms with Crippen LogP contribution >= 0.6 is 0 Å². The lowest BCUT2D eigenvalue weighted by atomic mass is 10.1. The van der Waals surface area contributed by atoms with Crippen molar-refractivity contribution in [3.8, 4) is 0 Å². The monoisotopic (exact) mass is 464 g/mol. The molecule has 1 heterocycles. The second kappa shape index (κ2) is 9.30. The van der Waals surface area contributed by atoms with Gasteiger partial charge >= 0.3 is 0 Å². The molecular weight excluding hydrogens is 436 g/mol. The Bertz CT molecular complexity index is 1210. The van der Waals surface area contributed by atoms with Gasteiger partial charge in [-0.1, -0.05) is 17.7 Å². The van der Waals surface area contributed by atoms with Gasteiger partial charge in [0.15, 0.2) is 12.1 Å². The van der Waals surface area contributed by atoms with Crippen LogP contribution in [0.25, 0.3) is 0 Å². The number of aryl methyl sites for hydroxylation is 4. The molecule has 1 aromatic heterocycles. The van der Waals surface area contributed by atoms with Crippen molar-refractivity contribution in [2.75, 3.05) is 4.72 Å². The van der Waals surface area contributed by atoms with Gasteiger partial charge < -0.3 is 22.0 Å². The quantitative estimate of drug-likeness (QED) is 0.249. The lowest BCUT2D eigenvalue weighted by molar-refractivity contribution is -0.125. The van der Waals surface area contributed by atoms with E-state index in [4.69, 9.17) is 22.0 Å². The van der Waals surface area contributed by atoms with Crippen LogP contribution < -0.4 is 27.5 Å². The van der Waals surface area contributed by atoms with Crippen molar-refractivity contribution in [3.63, 3.8) is 0 Å². The fourth-order valence-electron chi connectivity index (χ4n) is 3.63. The van der Waals surface area contributed by atoms with E-state index in [1.807, 2.05) is 6.92 Å². The molecule has 1 amide bonds. The number of nitrogens with two attached hydrogens (primary N) is 3. The topological polar surface area (TPSA) is 185 Å². The molecule has 174 valence electrons. The Balaban J connectivity index is 2.58. The number of rotatable bonds is 8. The first-order valence-corrected chi connectivity index (χ1v) is 11.1. The molecule has 0 saturated heterocycles. The van der Waals surface area contributed by atoms with Gasteiger partial charge in [0.25, 0.3) is 15.6 Å². The number of anilines is 1. The van der Waals surface area contributed by atoms with Crippen LogP contribution in [0.5, 0.6) is 0 Å². The number of carbonyl (C=O) groups excluding carboxylic acids is 1. The maximum absolute atomic E-state index is 13.2. The number of amides is 1. The summed E-state index contributed by atoms with van der Waals surface area (Å²) >= 11 is 0.